The highest BCUT2D eigenvalue weighted by molar-refractivity contribution is 9.10. The molecule has 110 valence electrons. The number of aryl methyl sites for hydroxylation is 1. The smallest absolute Gasteiger partial charge is 0.272 e. The number of hydrogen-bond acceptors (Lipinski definition) is 2. The standard InChI is InChI=1S/C15H16BrN3O2/c1-3-19-9-11(16)7-14(19)15(21)18-13-6-4-5-12(8-13)17-10(2)20/h4-9H,3H2,1-2H3,(H,17,20)(H,18,21). The first-order valence-electron chi connectivity index (χ1n) is 6.54. The Bertz CT molecular complexity index is 679. The molecule has 1 heterocycles. The normalized spacial score (nSPS) is 10.2. The summed E-state index contributed by atoms with van der Waals surface area (Å²) in [4.78, 5) is 23.3. The molecule has 0 aliphatic carbocycles. The number of nitrogens with one attached hydrogen (secondary N) is 2. The Morgan fingerprint density at radius 1 is 1.19 bits per heavy atom. The zero-order valence-corrected chi connectivity index (χ0v) is 13.4. The molecule has 2 N–H and O–H groups in total. The van der Waals surface area contributed by atoms with Crippen LogP contribution in [0.2, 0.25) is 0 Å². The van der Waals surface area contributed by atoms with Crippen LogP contribution in [0.3, 0.4) is 0 Å². The van der Waals surface area contributed by atoms with Crippen molar-refractivity contribution in [3.8, 4) is 0 Å². The number of aromatic nitrogens is 1. The fourth-order valence-electron chi connectivity index (χ4n) is 2.00. The summed E-state index contributed by atoms with van der Waals surface area (Å²) in [5.41, 5.74) is 1.85. The maximum absolute atomic E-state index is 12.3. The molecule has 5 nitrogen and oxygen atoms in total. The highest BCUT2D eigenvalue weighted by Gasteiger charge is 2.12. The zero-order valence-electron chi connectivity index (χ0n) is 11.8. The van der Waals surface area contributed by atoms with Crippen LogP contribution in [0.5, 0.6) is 0 Å². The summed E-state index contributed by atoms with van der Waals surface area (Å²) < 4.78 is 2.72. The van der Waals surface area contributed by atoms with Gasteiger partial charge in [0.1, 0.15) is 5.69 Å². The second-order valence-electron chi connectivity index (χ2n) is 4.55. The fraction of sp³-hybridized carbons (Fsp3) is 0.200. The van der Waals surface area contributed by atoms with Crippen LogP contribution in [0.15, 0.2) is 41.0 Å². The molecule has 6 heteroatoms. The number of carbonyl (C=O) groups excluding carboxylic acids is 2. The largest absolute Gasteiger partial charge is 0.343 e. The summed E-state index contributed by atoms with van der Waals surface area (Å²) in [5, 5.41) is 5.51. The van der Waals surface area contributed by atoms with Crippen LogP contribution in [0, 0.1) is 0 Å². The molecular weight excluding hydrogens is 334 g/mol. The molecule has 1 aromatic carbocycles. The zero-order chi connectivity index (χ0) is 15.4. The molecule has 0 unspecified atom stereocenters. The Hall–Kier alpha value is -2.08. The molecule has 0 radical (unpaired) electrons. The van der Waals surface area contributed by atoms with Crippen LogP contribution in [0.25, 0.3) is 0 Å². The van der Waals surface area contributed by atoms with E-state index in [2.05, 4.69) is 26.6 Å². The first-order valence-corrected chi connectivity index (χ1v) is 7.33. The van der Waals surface area contributed by atoms with E-state index in [1.165, 1.54) is 6.92 Å². The first-order chi connectivity index (χ1) is 9.99. The van der Waals surface area contributed by atoms with Gasteiger partial charge in [0.05, 0.1) is 0 Å². The van der Waals surface area contributed by atoms with Gasteiger partial charge in [-0.3, -0.25) is 9.59 Å². The van der Waals surface area contributed by atoms with Gasteiger partial charge in [0.2, 0.25) is 5.91 Å². The van der Waals surface area contributed by atoms with E-state index in [-0.39, 0.29) is 11.8 Å². The third-order valence-electron chi connectivity index (χ3n) is 2.88. The first kappa shape index (κ1) is 15.3. The van der Waals surface area contributed by atoms with Crippen molar-refractivity contribution in [3.05, 3.63) is 46.7 Å². The molecule has 21 heavy (non-hydrogen) atoms. The number of amides is 2. The molecule has 0 saturated heterocycles. The highest BCUT2D eigenvalue weighted by atomic mass is 79.9. The predicted molar refractivity (Wildman–Crippen MR) is 86.5 cm³/mol. The molecule has 0 fully saturated rings. The van der Waals surface area contributed by atoms with E-state index < -0.39 is 0 Å². The molecule has 2 amide bonds. The van der Waals surface area contributed by atoms with Gasteiger partial charge in [0.25, 0.3) is 5.91 Å². The number of rotatable bonds is 4. The number of halogens is 1. The van der Waals surface area contributed by atoms with Gasteiger partial charge in [-0.2, -0.15) is 0 Å². The Kier molecular flexibility index (Phi) is 4.80. The molecule has 0 aliphatic heterocycles. The lowest BCUT2D eigenvalue weighted by atomic mass is 10.2. The Morgan fingerprint density at radius 2 is 1.86 bits per heavy atom. The lowest BCUT2D eigenvalue weighted by molar-refractivity contribution is -0.114. The van der Waals surface area contributed by atoms with Crippen molar-refractivity contribution in [1.29, 1.82) is 0 Å². The molecular formula is C15H16BrN3O2. The van der Waals surface area contributed by atoms with E-state index in [9.17, 15) is 9.59 Å². The third-order valence-corrected chi connectivity index (χ3v) is 3.31. The summed E-state index contributed by atoms with van der Waals surface area (Å²) in [6.45, 7) is 4.12. The molecule has 0 spiro atoms. The fourth-order valence-corrected chi connectivity index (χ4v) is 2.46. The number of nitrogens with zero attached hydrogens (tertiary/aromatic N) is 1. The number of benzene rings is 1. The van der Waals surface area contributed by atoms with Crippen LogP contribution in [-0.4, -0.2) is 16.4 Å². The minimum atomic E-state index is -0.192. The lowest BCUT2D eigenvalue weighted by Gasteiger charge is -2.09. The van der Waals surface area contributed by atoms with E-state index in [4.69, 9.17) is 0 Å². The van der Waals surface area contributed by atoms with Crippen LogP contribution in [-0.2, 0) is 11.3 Å². The van der Waals surface area contributed by atoms with Crippen LogP contribution in [0.1, 0.15) is 24.3 Å². The molecule has 0 bridgehead atoms. The van der Waals surface area contributed by atoms with E-state index in [0.717, 1.165) is 4.47 Å². The molecule has 1 aromatic heterocycles. The van der Waals surface area contributed by atoms with E-state index in [0.29, 0.717) is 23.6 Å². The summed E-state index contributed by atoms with van der Waals surface area (Å²) in [7, 11) is 0. The summed E-state index contributed by atoms with van der Waals surface area (Å²) in [6.07, 6.45) is 1.86. The van der Waals surface area contributed by atoms with Crippen molar-refractivity contribution in [2.24, 2.45) is 0 Å². The number of carbonyl (C=O) groups is 2. The number of anilines is 2. The summed E-state index contributed by atoms with van der Waals surface area (Å²) >= 11 is 3.37. The molecule has 2 rings (SSSR count). The van der Waals surface area contributed by atoms with Gasteiger partial charge in [0, 0.05) is 35.5 Å². The van der Waals surface area contributed by atoms with Gasteiger partial charge in [-0.25, -0.2) is 0 Å². The quantitative estimate of drug-likeness (QED) is 0.887. The van der Waals surface area contributed by atoms with Gasteiger partial charge < -0.3 is 15.2 Å². The second kappa shape index (κ2) is 6.58. The van der Waals surface area contributed by atoms with Gasteiger partial charge in [0.15, 0.2) is 0 Å². The summed E-state index contributed by atoms with van der Waals surface area (Å²) in [6, 6.07) is 8.81. The van der Waals surface area contributed by atoms with E-state index in [1.54, 1.807) is 30.3 Å². The average Bonchev–Trinajstić information content (AvgIpc) is 2.79. The second-order valence-corrected chi connectivity index (χ2v) is 5.46. The van der Waals surface area contributed by atoms with Gasteiger partial charge >= 0.3 is 0 Å². The van der Waals surface area contributed by atoms with Crippen LogP contribution < -0.4 is 10.6 Å². The minimum absolute atomic E-state index is 0.151. The van der Waals surface area contributed by atoms with Crippen LogP contribution >= 0.6 is 15.9 Å². The van der Waals surface area contributed by atoms with E-state index in [1.807, 2.05) is 17.7 Å². The lowest BCUT2D eigenvalue weighted by Crippen LogP contribution is -2.16. The maximum Gasteiger partial charge on any atom is 0.272 e. The van der Waals surface area contributed by atoms with Crippen molar-refractivity contribution in [2.75, 3.05) is 10.6 Å². The Labute approximate surface area is 131 Å². The van der Waals surface area contributed by atoms with Crippen molar-refractivity contribution in [2.45, 2.75) is 20.4 Å². The SMILES string of the molecule is CCn1cc(Br)cc1C(=O)Nc1cccc(NC(C)=O)c1. The Balaban J connectivity index is 2.17. The maximum atomic E-state index is 12.3. The van der Waals surface area contributed by atoms with Gasteiger partial charge in [-0.05, 0) is 47.1 Å². The van der Waals surface area contributed by atoms with Crippen molar-refractivity contribution >= 4 is 39.1 Å². The molecule has 2 aromatic rings. The highest BCUT2D eigenvalue weighted by Crippen LogP contribution is 2.19. The van der Waals surface area contributed by atoms with Crippen molar-refractivity contribution in [1.82, 2.24) is 4.57 Å². The molecule has 0 saturated carbocycles. The molecule has 0 aliphatic rings. The van der Waals surface area contributed by atoms with Crippen LogP contribution in [0.4, 0.5) is 11.4 Å². The average molecular weight is 350 g/mol. The topological polar surface area (TPSA) is 63.1 Å². The van der Waals surface area contributed by atoms with Crippen molar-refractivity contribution in [3.63, 3.8) is 0 Å². The van der Waals surface area contributed by atoms with E-state index >= 15 is 0 Å². The van der Waals surface area contributed by atoms with Crippen molar-refractivity contribution < 1.29 is 9.59 Å². The van der Waals surface area contributed by atoms with Gasteiger partial charge in [-0.1, -0.05) is 6.07 Å². The minimum Gasteiger partial charge on any atom is -0.343 e. The molecule has 0 atom stereocenters. The third kappa shape index (κ3) is 3.95. The predicted octanol–water partition coefficient (Wildman–Crippen LogP) is 3.48. The summed E-state index contributed by atoms with van der Waals surface area (Å²) in [5.74, 6) is -0.343. The Morgan fingerprint density at radius 3 is 2.48 bits per heavy atom. The van der Waals surface area contributed by atoms with Gasteiger partial charge in [-0.15, -0.1) is 0 Å². The monoisotopic (exact) mass is 349 g/mol. The number of hydrogen-bond donors (Lipinski definition) is 2.